The van der Waals surface area contributed by atoms with Crippen molar-refractivity contribution in [3.8, 4) is 6.07 Å². The van der Waals surface area contributed by atoms with Gasteiger partial charge in [-0.3, -0.25) is 14.5 Å². The van der Waals surface area contributed by atoms with Gasteiger partial charge < -0.3 is 19.9 Å². The van der Waals surface area contributed by atoms with Gasteiger partial charge in [-0.15, -0.1) is 0 Å². The highest BCUT2D eigenvalue weighted by Crippen LogP contribution is 2.59. The van der Waals surface area contributed by atoms with Crippen LogP contribution in [0.3, 0.4) is 0 Å². The van der Waals surface area contributed by atoms with E-state index in [2.05, 4.69) is 15.1 Å². The van der Waals surface area contributed by atoms with Gasteiger partial charge in [-0.1, -0.05) is 11.6 Å². The fraction of sp³-hybridized carbons (Fsp3) is 0.667. The third-order valence-corrected chi connectivity index (χ3v) is 11.5. The van der Waals surface area contributed by atoms with Crippen LogP contribution in [0.1, 0.15) is 32.1 Å². The number of carbonyl (C=O) groups is 2. The lowest BCUT2D eigenvalue weighted by Crippen LogP contribution is -2.53. The van der Waals surface area contributed by atoms with Gasteiger partial charge in [0.25, 0.3) is 0 Å². The fourth-order valence-corrected chi connectivity index (χ4v) is 8.01. The largest absolute Gasteiger partial charge is 0.403 e. The minimum atomic E-state index is -4.83. The monoisotopic (exact) mass is 631 g/mol. The van der Waals surface area contributed by atoms with Crippen LogP contribution < -0.4 is 10.2 Å². The smallest absolute Gasteiger partial charge is 0.383 e. The van der Waals surface area contributed by atoms with Crippen molar-refractivity contribution < 1.29 is 35.9 Å². The molecule has 1 aromatic carbocycles. The maximum Gasteiger partial charge on any atom is 0.403 e. The second-order valence-electron chi connectivity index (χ2n) is 11.6. The first-order valence-electron chi connectivity index (χ1n) is 13.9. The van der Waals surface area contributed by atoms with Crippen molar-refractivity contribution in [1.82, 2.24) is 15.1 Å². The minimum Gasteiger partial charge on any atom is -0.383 e. The van der Waals surface area contributed by atoms with Crippen LogP contribution in [0.4, 0.5) is 18.9 Å². The molecule has 10 nitrogen and oxygen atoms in total. The molecule has 0 radical (unpaired) electrons. The molecule has 0 bridgehead atoms. The molecule has 230 valence electrons. The van der Waals surface area contributed by atoms with Crippen LogP contribution in [-0.2, 0) is 24.2 Å². The Balaban J connectivity index is 1.36. The van der Waals surface area contributed by atoms with Gasteiger partial charge in [0.1, 0.15) is 17.0 Å². The molecular formula is C27H33ClF3N5O5S. The van der Waals surface area contributed by atoms with Crippen LogP contribution in [0.15, 0.2) is 23.1 Å². The van der Waals surface area contributed by atoms with E-state index in [0.29, 0.717) is 32.5 Å². The summed E-state index contributed by atoms with van der Waals surface area (Å²) in [4.78, 5) is 31.3. The first kappa shape index (κ1) is 30.8. The number of halogens is 4. The van der Waals surface area contributed by atoms with E-state index in [0.717, 1.165) is 30.2 Å². The Hall–Kier alpha value is -2.60. The third kappa shape index (κ3) is 5.68. The number of hydrogen-bond donors (Lipinski definition) is 1. The number of alkyl halides is 3. The van der Waals surface area contributed by atoms with Gasteiger partial charge in [0.15, 0.2) is 9.84 Å². The van der Waals surface area contributed by atoms with Crippen molar-refractivity contribution in [2.75, 3.05) is 57.9 Å². The number of amides is 2. The van der Waals surface area contributed by atoms with Gasteiger partial charge in [0.05, 0.1) is 27.8 Å². The summed E-state index contributed by atoms with van der Waals surface area (Å²) in [5, 5.41) is 10.5. The molecule has 2 saturated heterocycles. The molecule has 4 aliphatic rings. The van der Waals surface area contributed by atoms with E-state index in [-0.39, 0.29) is 9.92 Å². The topological polar surface area (TPSA) is 123 Å². The Morgan fingerprint density at radius 1 is 1.17 bits per heavy atom. The number of likely N-dealkylation sites (tertiary alicyclic amines) is 1. The third-order valence-electron chi connectivity index (χ3n) is 8.86. The number of hydrogen-bond acceptors (Lipinski definition) is 8. The normalized spacial score (nSPS) is 25.1. The Morgan fingerprint density at radius 3 is 2.36 bits per heavy atom. The number of ether oxygens (including phenoxy) is 1. The number of piperazine rings is 1. The lowest BCUT2D eigenvalue weighted by atomic mass is 10.0. The van der Waals surface area contributed by atoms with E-state index >= 15 is 0 Å². The molecule has 0 aromatic heterocycles. The summed E-state index contributed by atoms with van der Waals surface area (Å²) in [7, 11) is -2.61. The van der Waals surface area contributed by atoms with Gasteiger partial charge in [-0.05, 0) is 50.3 Å². The number of nitrogens with zero attached hydrogens (tertiary/aromatic N) is 4. The zero-order valence-corrected chi connectivity index (χ0v) is 24.7. The summed E-state index contributed by atoms with van der Waals surface area (Å²) in [5.41, 5.74) is -3.03. The molecule has 2 saturated carbocycles. The predicted octanol–water partition coefficient (Wildman–Crippen LogP) is 2.37. The van der Waals surface area contributed by atoms with E-state index < -0.39 is 75.9 Å². The number of methoxy groups -OCH3 is 1. The minimum absolute atomic E-state index is 0.0459. The van der Waals surface area contributed by atoms with E-state index in [4.69, 9.17) is 16.3 Å². The van der Waals surface area contributed by atoms with Crippen molar-refractivity contribution in [1.29, 1.82) is 5.26 Å². The van der Waals surface area contributed by atoms with Gasteiger partial charge in [0.2, 0.25) is 11.8 Å². The number of sulfone groups is 1. The summed E-state index contributed by atoms with van der Waals surface area (Å²) < 4.78 is 74.2. The van der Waals surface area contributed by atoms with Crippen LogP contribution in [0.5, 0.6) is 0 Å². The maximum atomic E-state index is 13.8. The molecular weight excluding hydrogens is 599 g/mol. The van der Waals surface area contributed by atoms with E-state index in [1.165, 1.54) is 6.07 Å². The van der Waals surface area contributed by atoms with Crippen molar-refractivity contribution in [3.05, 3.63) is 23.2 Å². The highest BCUT2D eigenvalue weighted by molar-refractivity contribution is 7.92. The molecule has 42 heavy (non-hydrogen) atoms. The first-order valence-corrected chi connectivity index (χ1v) is 15.8. The molecule has 2 aliphatic carbocycles. The molecule has 2 heterocycles. The summed E-state index contributed by atoms with van der Waals surface area (Å²) in [6.07, 6.45) is -5.35. The molecule has 2 amide bonds. The Bertz CT molecular complexity index is 1390. The SMILES string of the molecule is COCCN1CCN(c2ccc(S(=O)(=O)[C@@H]3C[C@@H](C(=O)NC4(C#N)CC4)N(C(=O)C4(C(F)(F)F)CC4)C3)c(Cl)c2)CC1. The van der Waals surface area contributed by atoms with Gasteiger partial charge >= 0.3 is 6.18 Å². The van der Waals surface area contributed by atoms with Gasteiger partial charge in [-0.25, -0.2) is 8.42 Å². The number of benzene rings is 1. The second-order valence-corrected chi connectivity index (χ2v) is 14.2. The lowest BCUT2D eigenvalue weighted by Gasteiger charge is -2.36. The molecule has 2 atom stereocenters. The van der Waals surface area contributed by atoms with Crippen molar-refractivity contribution in [3.63, 3.8) is 0 Å². The van der Waals surface area contributed by atoms with E-state index in [1.807, 2.05) is 6.07 Å². The molecule has 0 spiro atoms. The molecule has 5 rings (SSSR count). The number of nitrogens with one attached hydrogen (secondary N) is 1. The zero-order valence-electron chi connectivity index (χ0n) is 23.1. The average molecular weight is 632 g/mol. The standard InChI is InChI=1S/C27H33ClF3N5O5S/c1-41-13-12-34-8-10-35(11-9-34)18-2-3-22(20(28)14-18)42(39,40)19-15-21(23(37)33-25(17-32)4-5-25)36(16-19)24(38)26(6-7-26)27(29,30)31/h2-3,14,19,21H,4-13,15-16H2,1H3,(H,33,37)/t19-,21+/m1/s1. The van der Waals surface area contributed by atoms with Crippen LogP contribution in [0.2, 0.25) is 5.02 Å². The quantitative estimate of drug-likeness (QED) is 0.441. The predicted molar refractivity (Wildman–Crippen MR) is 147 cm³/mol. The molecule has 15 heteroatoms. The van der Waals surface area contributed by atoms with E-state index in [1.54, 1.807) is 19.2 Å². The molecule has 1 N–H and O–H groups in total. The summed E-state index contributed by atoms with van der Waals surface area (Å²) in [6, 6.07) is 5.07. The van der Waals surface area contributed by atoms with Gasteiger partial charge in [0, 0.05) is 52.1 Å². The molecule has 1 aromatic rings. The fourth-order valence-electron chi connectivity index (χ4n) is 5.77. The first-order chi connectivity index (χ1) is 19.8. The van der Waals surface area contributed by atoms with Crippen molar-refractivity contribution in [2.24, 2.45) is 5.41 Å². The van der Waals surface area contributed by atoms with Crippen LogP contribution >= 0.6 is 11.6 Å². The van der Waals surface area contributed by atoms with Gasteiger partial charge in [-0.2, -0.15) is 18.4 Å². The highest BCUT2D eigenvalue weighted by Gasteiger charge is 2.70. The number of rotatable bonds is 9. The Morgan fingerprint density at radius 2 is 1.83 bits per heavy atom. The Kier molecular flexibility index (Phi) is 8.19. The Labute approximate surface area is 247 Å². The zero-order chi connectivity index (χ0) is 30.5. The van der Waals surface area contributed by atoms with E-state index in [9.17, 15) is 36.4 Å². The number of anilines is 1. The van der Waals surface area contributed by atoms with Crippen LogP contribution in [0.25, 0.3) is 0 Å². The molecule has 4 fully saturated rings. The van der Waals surface area contributed by atoms with Crippen molar-refractivity contribution >= 4 is 38.9 Å². The maximum absolute atomic E-state index is 13.8. The molecule has 0 unspecified atom stereocenters. The average Bonchev–Trinajstić information content (AvgIpc) is 3.87. The lowest BCUT2D eigenvalue weighted by molar-refractivity contribution is -0.199. The summed E-state index contributed by atoms with van der Waals surface area (Å²) in [6.45, 7) is 3.84. The summed E-state index contributed by atoms with van der Waals surface area (Å²) in [5.74, 6) is -2.13. The van der Waals surface area contributed by atoms with Crippen LogP contribution in [-0.4, -0.2) is 106 Å². The summed E-state index contributed by atoms with van der Waals surface area (Å²) >= 11 is 6.49. The molecule has 2 aliphatic heterocycles. The number of carbonyl (C=O) groups excluding carboxylic acids is 2. The van der Waals surface area contributed by atoms with Crippen LogP contribution in [0, 0.1) is 16.7 Å². The highest BCUT2D eigenvalue weighted by atomic mass is 35.5. The van der Waals surface area contributed by atoms with Crippen molar-refractivity contribution in [2.45, 2.75) is 60.0 Å². The number of nitriles is 1. The second kappa shape index (κ2) is 11.2.